The fourth-order valence-corrected chi connectivity index (χ4v) is 3.48. The highest BCUT2D eigenvalue weighted by Gasteiger charge is 2.25. The van der Waals surface area contributed by atoms with E-state index in [-0.39, 0.29) is 22.8 Å². The predicted octanol–water partition coefficient (Wildman–Crippen LogP) is 3.75. The topological polar surface area (TPSA) is 71.0 Å². The van der Waals surface area contributed by atoms with E-state index in [9.17, 15) is 9.90 Å². The molecule has 158 valence electrons. The Morgan fingerprint density at radius 1 is 1.13 bits per heavy atom. The molecule has 3 rings (SSSR count). The van der Waals surface area contributed by atoms with Crippen LogP contribution in [0.2, 0.25) is 0 Å². The van der Waals surface area contributed by atoms with Crippen LogP contribution in [-0.4, -0.2) is 52.3 Å². The second kappa shape index (κ2) is 9.50. The van der Waals surface area contributed by atoms with E-state index in [0.29, 0.717) is 17.9 Å². The zero-order chi connectivity index (χ0) is 21.7. The minimum absolute atomic E-state index is 0.114. The number of nitrogens with zero attached hydrogens (tertiary/aromatic N) is 1. The standard InChI is InChI=1S/C24H28N2O4/c1-26(2)18-8-5-16(6-9-18)7-10-19(27)23-21(30-4)15-20(29-3)22(24(23)28)17-11-13-25-14-12-17/h5-11,15,25,28H,12-14H2,1-4H3/b10-7+. The fraction of sp³-hybridized carbons (Fsp3) is 0.292. The molecule has 0 radical (unpaired) electrons. The maximum absolute atomic E-state index is 13.0. The summed E-state index contributed by atoms with van der Waals surface area (Å²) in [5, 5.41) is 14.3. The summed E-state index contributed by atoms with van der Waals surface area (Å²) in [4.78, 5) is 15.0. The second-order valence-corrected chi connectivity index (χ2v) is 7.25. The molecule has 1 heterocycles. The number of nitrogens with one attached hydrogen (secondary N) is 1. The molecule has 0 saturated carbocycles. The number of aromatic hydroxyl groups is 1. The van der Waals surface area contributed by atoms with Crippen LogP contribution in [0.3, 0.4) is 0 Å². The first kappa shape index (κ1) is 21.5. The Hall–Kier alpha value is -3.25. The second-order valence-electron chi connectivity index (χ2n) is 7.25. The van der Waals surface area contributed by atoms with E-state index in [0.717, 1.165) is 29.8 Å². The van der Waals surface area contributed by atoms with Crippen LogP contribution in [0, 0.1) is 0 Å². The number of phenols is 1. The third-order valence-corrected chi connectivity index (χ3v) is 5.14. The zero-order valence-electron chi connectivity index (χ0n) is 17.9. The number of ether oxygens (including phenoxy) is 2. The number of methoxy groups -OCH3 is 2. The average molecular weight is 408 g/mol. The molecule has 0 fully saturated rings. The van der Waals surface area contributed by atoms with Crippen LogP contribution in [0.1, 0.15) is 27.9 Å². The molecule has 2 N–H and O–H groups in total. The molecule has 0 amide bonds. The SMILES string of the molecule is COc1cc(OC)c(C2=CCNCC2)c(O)c1C(=O)/C=C/c1ccc(N(C)C)cc1. The molecule has 2 aromatic carbocycles. The molecule has 0 atom stereocenters. The van der Waals surface area contributed by atoms with Crippen LogP contribution in [0.25, 0.3) is 11.6 Å². The summed E-state index contributed by atoms with van der Waals surface area (Å²) in [5.41, 5.74) is 3.60. The van der Waals surface area contributed by atoms with Crippen molar-refractivity contribution >= 4 is 23.1 Å². The molecule has 0 aliphatic carbocycles. The molecular weight excluding hydrogens is 380 g/mol. The molecule has 6 nitrogen and oxygen atoms in total. The molecule has 1 aliphatic rings. The molecule has 0 unspecified atom stereocenters. The van der Waals surface area contributed by atoms with E-state index in [1.165, 1.54) is 20.3 Å². The summed E-state index contributed by atoms with van der Waals surface area (Å²) in [5.74, 6) is 0.314. The van der Waals surface area contributed by atoms with Crippen molar-refractivity contribution in [2.75, 3.05) is 46.3 Å². The number of phenolic OH excluding ortho intramolecular Hbond substituents is 1. The van der Waals surface area contributed by atoms with Gasteiger partial charge >= 0.3 is 0 Å². The Morgan fingerprint density at radius 3 is 2.40 bits per heavy atom. The third kappa shape index (κ3) is 4.49. The number of allylic oxidation sites excluding steroid dienone is 1. The highest BCUT2D eigenvalue weighted by atomic mass is 16.5. The van der Waals surface area contributed by atoms with Crippen molar-refractivity contribution in [1.82, 2.24) is 5.32 Å². The number of hydrogen-bond acceptors (Lipinski definition) is 6. The maximum atomic E-state index is 13.0. The molecule has 1 aliphatic heterocycles. The lowest BCUT2D eigenvalue weighted by Gasteiger charge is -2.20. The minimum Gasteiger partial charge on any atom is -0.506 e. The number of anilines is 1. The largest absolute Gasteiger partial charge is 0.506 e. The van der Waals surface area contributed by atoms with Gasteiger partial charge in [-0.05, 0) is 42.3 Å². The Bertz CT molecular complexity index is 976. The van der Waals surface area contributed by atoms with E-state index < -0.39 is 0 Å². The normalized spacial score (nSPS) is 13.8. The van der Waals surface area contributed by atoms with Gasteiger partial charge in [0.2, 0.25) is 0 Å². The van der Waals surface area contributed by atoms with Gasteiger partial charge in [-0.1, -0.05) is 24.3 Å². The summed E-state index contributed by atoms with van der Waals surface area (Å²) in [7, 11) is 6.96. The highest BCUT2D eigenvalue weighted by Crippen LogP contribution is 2.43. The van der Waals surface area contributed by atoms with Crippen LogP contribution < -0.4 is 19.7 Å². The van der Waals surface area contributed by atoms with E-state index in [2.05, 4.69) is 5.32 Å². The summed E-state index contributed by atoms with van der Waals surface area (Å²) in [6, 6.07) is 9.50. The van der Waals surface area contributed by atoms with Gasteiger partial charge in [0.25, 0.3) is 0 Å². The molecule has 0 spiro atoms. The third-order valence-electron chi connectivity index (χ3n) is 5.14. The Kier molecular flexibility index (Phi) is 6.79. The lowest BCUT2D eigenvalue weighted by Crippen LogP contribution is -2.20. The number of carbonyl (C=O) groups is 1. The van der Waals surface area contributed by atoms with Crippen molar-refractivity contribution in [3.63, 3.8) is 0 Å². The van der Waals surface area contributed by atoms with Crippen molar-refractivity contribution in [2.24, 2.45) is 0 Å². The van der Waals surface area contributed by atoms with Crippen LogP contribution >= 0.6 is 0 Å². The predicted molar refractivity (Wildman–Crippen MR) is 121 cm³/mol. The molecule has 0 bridgehead atoms. The maximum Gasteiger partial charge on any atom is 0.193 e. The van der Waals surface area contributed by atoms with Crippen molar-refractivity contribution < 1.29 is 19.4 Å². The lowest BCUT2D eigenvalue weighted by atomic mass is 9.93. The minimum atomic E-state index is -0.334. The van der Waals surface area contributed by atoms with E-state index in [1.807, 2.05) is 49.3 Å². The Labute approximate surface area is 177 Å². The molecular formula is C24H28N2O4. The molecule has 0 aromatic heterocycles. The van der Waals surface area contributed by atoms with Crippen LogP contribution in [0.4, 0.5) is 5.69 Å². The van der Waals surface area contributed by atoms with Crippen molar-refractivity contribution in [2.45, 2.75) is 6.42 Å². The van der Waals surface area contributed by atoms with Crippen molar-refractivity contribution in [1.29, 1.82) is 0 Å². The van der Waals surface area contributed by atoms with Gasteiger partial charge in [-0.3, -0.25) is 4.79 Å². The first-order valence-corrected chi connectivity index (χ1v) is 9.84. The number of rotatable bonds is 7. The van der Waals surface area contributed by atoms with Crippen molar-refractivity contribution in [3.8, 4) is 17.2 Å². The fourth-order valence-electron chi connectivity index (χ4n) is 3.48. The monoisotopic (exact) mass is 408 g/mol. The molecule has 30 heavy (non-hydrogen) atoms. The van der Waals surface area contributed by atoms with Crippen LogP contribution in [0.15, 0.2) is 42.5 Å². The van der Waals surface area contributed by atoms with E-state index in [1.54, 1.807) is 12.1 Å². The van der Waals surface area contributed by atoms with E-state index in [4.69, 9.17) is 9.47 Å². The van der Waals surface area contributed by atoms with Gasteiger partial charge < -0.3 is 24.8 Å². The van der Waals surface area contributed by atoms with Crippen LogP contribution in [-0.2, 0) is 0 Å². The summed E-state index contributed by atoms with van der Waals surface area (Å²) >= 11 is 0. The van der Waals surface area contributed by atoms with Gasteiger partial charge in [0.05, 0.1) is 19.8 Å². The number of ketones is 1. The van der Waals surface area contributed by atoms with Gasteiger partial charge in [0, 0.05) is 32.4 Å². The first-order chi connectivity index (χ1) is 14.5. The smallest absolute Gasteiger partial charge is 0.193 e. The van der Waals surface area contributed by atoms with Crippen LogP contribution in [0.5, 0.6) is 17.2 Å². The van der Waals surface area contributed by atoms with Gasteiger partial charge in [0.15, 0.2) is 5.78 Å². The van der Waals surface area contributed by atoms with Gasteiger partial charge in [-0.25, -0.2) is 0 Å². The van der Waals surface area contributed by atoms with Gasteiger partial charge in [0.1, 0.15) is 22.8 Å². The zero-order valence-corrected chi connectivity index (χ0v) is 17.9. The number of benzene rings is 2. The highest BCUT2D eigenvalue weighted by molar-refractivity contribution is 6.11. The summed E-state index contributed by atoms with van der Waals surface area (Å²) in [6.07, 6.45) is 5.92. The Balaban J connectivity index is 1.99. The van der Waals surface area contributed by atoms with Crippen molar-refractivity contribution in [3.05, 3.63) is 59.2 Å². The first-order valence-electron chi connectivity index (χ1n) is 9.84. The van der Waals surface area contributed by atoms with Gasteiger partial charge in [-0.2, -0.15) is 0 Å². The molecule has 6 heteroatoms. The van der Waals surface area contributed by atoms with Gasteiger partial charge in [-0.15, -0.1) is 0 Å². The lowest BCUT2D eigenvalue weighted by molar-refractivity contribution is 0.104. The number of carbonyl (C=O) groups excluding carboxylic acids is 1. The summed E-state index contributed by atoms with van der Waals surface area (Å²) in [6.45, 7) is 1.50. The quantitative estimate of drug-likeness (QED) is 0.537. The number of hydrogen-bond donors (Lipinski definition) is 2. The Morgan fingerprint density at radius 2 is 1.83 bits per heavy atom. The molecule has 2 aromatic rings. The summed E-state index contributed by atoms with van der Waals surface area (Å²) < 4.78 is 10.9. The average Bonchev–Trinajstić information content (AvgIpc) is 2.77. The van der Waals surface area contributed by atoms with E-state index >= 15 is 0 Å². The molecule has 0 saturated heterocycles.